The second-order valence-corrected chi connectivity index (χ2v) is 13.2. The number of carbonyl (C=O) groups excluding carboxylic acids is 1. The van der Waals surface area contributed by atoms with Crippen LogP contribution in [0.15, 0.2) is 18.2 Å². The minimum absolute atomic E-state index is 0.218. The maximum absolute atomic E-state index is 12.1. The minimum Gasteiger partial charge on any atom is -0.377 e. The van der Waals surface area contributed by atoms with Gasteiger partial charge in [-0.25, -0.2) is 0 Å². The fraction of sp³-hybridized carbons (Fsp3) is 0.462. The van der Waals surface area contributed by atoms with Gasteiger partial charge in [0.05, 0.1) is 0 Å². The van der Waals surface area contributed by atoms with Gasteiger partial charge in [0, 0.05) is 31.1 Å². The largest absolute Gasteiger partial charge is 0.377 e. The third-order valence-corrected chi connectivity index (χ3v) is 4.11. The van der Waals surface area contributed by atoms with E-state index in [2.05, 4.69) is 32.2 Å². The Morgan fingerprint density at radius 2 is 1.94 bits per heavy atom. The number of ketones is 1. The van der Waals surface area contributed by atoms with Crippen LogP contribution < -0.4 is 4.90 Å². The molecule has 0 unspecified atom stereocenters. The molecule has 0 saturated heterocycles. The number of rotatable bonds is 4. The van der Waals surface area contributed by atoms with Gasteiger partial charge < -0.3 is 4.90 Å². The molecule has 0 N–H and O–H groups in total. The van der Waals surface area contributed by atoms with Gasteiger partial charge in [-0.15, -0.1) is 0 Å². The Kier molecular flexibility index (Phi) is 4.67. The first-order valence-corrected chi connectivity index (χ1v) is 9.88. The molecule has 0 atom stereocenters. The Morgan fingerprint density at radius 1 is 1.35 bits per heavy atom. The highest BCUT2D eigenvalue weighted by Crippen LogP contribution is 2.48. The van der Waals surface area contributed by atoms with Crippen LogP contribution in [0.5, 0.6) is 0 Å². The molecule has 0 aliphatic carbocycles. The molecule has 0 amide bonds. The van der Waals surface area contributed by atoms with Crippen LogP contribution in [0.2, 0.25) is 0 Å². The predicted octanol–water partition coefficient (Wildman–Crippen LogP) is 3.62. The SMILES string of the molecule is Cc1cc(C(=O)CS(C)(C)Br)ccc1N(C)C. The van der Waals surface area contributed by atoms with Gasteiger partial charge in [0.2, 0.25) is 0 Å². The van der Waals surface area contributed by atoms with Crippen molar-refractivity contribution in [2.24, 2.45) is 0 Å². The number of carbonyl (C=O) groups is 1. The summed E-state index contributed by atoms with van der Waals surface area (Å²) in [5.74, 6) is 0.809. The zero-order valence-corrected chi connectivity index (χ0v) is 13.5. The van der Waals surface area contributed by atoms with Crippen molar-refractivity contribution in [3.8, 4) is 0 Å². The summed E-state index contributed by atoms with van der Waals surface area (Å²) >= 11 is 3.59. The van der Waals surface area contributed by atoms with E-state index in [4.69, 9.17) is 0 Å². The highest BCUT2D eigenvalue weighted by molar-refractivity contribution is 9.58. The first-order chi connectivity index (χ1) is 7.70. The lowest BCUT2D eigenvalue weighted by molar-refractivity contribution is 0.102. The zero-order chi connectivity index (χ0) is 13.2. The second kappa shape index (κ2) is 5.44. The van der Waals surface area contributed by atoms with Crippen molar-refractivity contribution in [2.75, 3.05) is 37.3 Å². The Balaban J connectivity index is 2.94. The van der Waals surface area contributed by atoms with Crippen LogP contribution in [0.3, 0.4) is 0 Å². The predicted molar refractivity (Wildman–Crippen MR) is 83.1 cm³/mol. The molecule has 0 aliphatic rings. The number of aryl methyl sites for hydroxylation is 1. The first kappa shape index (κ1) is 14.6. The lowest BCUT2D eigenvalue weighted by Gasteiger charge is -2.21. The number of nitrogens with zero attached hydrogens (tertiary/aromatic N) is 1. The van der Waals surface area contributed by atoms with Crippen LogP contribution in [-0.4, -0.2) is 38.1 Å². The van der Waals surface area contributed by atoms with Gasteiger partial charge in [-0.2, -0.15) is 8.46 Å². The number of hydrogen-bond donors (Lipinski definition) is 0. The molecular formula is C13H20BrNOS. The fourth-order valence-corrected chi connectivity index (χ4v) is 3.14. The lowest BCUT2D eigenvalue weighted by Crippen LogP contribution is -2.12. The summed E-state index contributed by atoms with van der Waals surface area (Å²) in [5.41, 5.74) is 3.11. The van der Waals surface area contributed by atoms with Gasteiger partial charge in [0.15, 0.2) is 5.78 Å². The zero-order valence-electron chi connectivity index (χ0n) is 11.1. The van der Waals surface area contributed by atoms with Crippen molar-refractivity contribution in [1.82, 2.24) is 0 Å². The van der Waals surface area contributed by atoms with E-state index in [1.54, 1.807) is 0 Å². The Labute approximate surface area is 113 Å². The summed E-state index contributed by atoms with van der Waals surface area (Å²) in [6.07, 6.45) is 4.18. The lowest BCUT2D eigenvalue weighted by atomic mass is 10.1. The third kappa shape index (κ3) is 4.36. The molecule has 4 heteroatoms. The van der Waals surface area contributed by atoms with E-state index in [0.717, 1.165) is 16.8 Å². The summed E-state index contributed by atoms with van der Waals surface area (Å²) in [4.78, 5) is 14.1. The standard InChI is InChI=1S/C13H20BrNOS/c1-10-8-11(6-7-12(10)15(2)3)13(16)9-17(4,5)14/h6-8H,9H2,1-5H3. The monoisotopic (exact) mass is 317 g/mol. The summed E-state index contributed by atoms with van der Waals surface area (Å²) in [7, 11) is 3.06. The average molecular weight is 318 g/mol. The van der Waals surface area contributed by atoms with E-state index in [-0.39, 0.29) is 5.78 Å². The van der Waals surface area contributed by atoms with Crippen molar-refractivity contribution in [3.05, 3.63) is 29.3 Å². The van der Waals surface area contributed by atoms with Gasteiger partial charge in [-0.3, -0.25) is 4.79 Å². The van der Waals surface area contributed by atoms with E-state index in [1.165, 1.54) is 0 Å². The third-order valence-electron chi connectivity index (χ3n) is 2.47. The Morgan fingerprint density at radius 3 is 2.35 bits per heavy atom. The summed E-state index contributed by atoms with van der Waals surface area (Å²) in [5, 5.41) is 0. The van der Waals surface area contributed by atoms with Gasteiger partial charge in [-0.05, 0) is 58.0 Å². The van der Waals surface area contributed by atoms with E-state index in [0.29, 0.717) is 5.75 Å². The molecule has 0 aromatic heterocycles. The number of anilines is 1. The van der Waals surface area contributed by atoms with E-state index in [9.17, 15) is 4.79 Å². The molecule has 0 spiro atoms. The highest BCUT2D eigenvalue weighted by Gasteiger charge is 2.15. The molecule has 96 valence electrons. The number of benzene rings is 1. The molecule has 0 bridgehead atoms. The molecule has 2 nitrogen and oxygen atoms in total. The molecule has 0 aliphatic heterocycles. The fourth-order valence-electron chi connectivity index (χ4n) is 1.73. The van der Waals surface area contributed by atoms with E-state index in [1.807, 2.05) is 39.2 Å². The molecule has 1 rings (SSSR count). The number of Topliss-reactive ketones (excluding diaryl/α,β-unsaturated/α-hetero) is 1. The van der Waals surface area contributed by atoms with Gasteiger partial charge in [0.25, 0.3) is 0 Å². The maximum atomic E-state index is 12.1. The van der Waals surface area contributed by atoms with Crippen molar-refractivity contribution in [3.63, 3.8) is 0 Å². The second-order valence-electron chi connectivity index (χ2n) is 4.87. The van der Waals surface area contributed by atoms with Crippen molar-refractivity contribution >= 4 is 34.7 Å². The molecule has 1 aromatic rings. The smallest absolute Gasteiger partial charge is 0.171 e. The van der Waals surface area contributed by atoms with Crippen molar-refractivity contribution in [2.45, 2.75) is 6.92 Å². The highest BCUT2D eigenvalue weighted by atomic mass is 79.9. The maximum Gasteiger partial charge on any atom is 0.171 e. The molecular weight excluding hydrogens is 298 g/mol. The van der Waals surface area contributed by atoms with Crippen LogP contribution in [0.4, 0.5) is 5.69 Å². The van der Waals surface area contributed by atoms with E-state index < -0.39 is 8.46 Å². The minimum atomic E-state index is -0.958. The topological polar surface area (TPSA) is 20.3 Å². The first-order valence-electron chi connectivity index (χ1n) is 5.42. The number of halogens is 1. The van der Waals surface area contributed by atoms with Crippen LogP contribution >= 0.6 is 23.3 Å². The quantitative estimate of drug-likeness (QED) is 0.790. The molecule has 1 aromatic carbocycles. The van der Waals surface area contributed by atoms with Gasteiger partial charge in [0.1, 0.15) is 0 Å². The Hall–Kier alpha value is -0.480. The normalized spacial score (nSPS) is 12.4. The van der Waals surface area contributed by atoms with Crippen molar-refractivity contribution < 1.29 is 4.79 Å². The molecule has 0 fully saturated rings. The van der Waals surface area contributed by atoms with Crippen LogP contribution in [0.25, 0.3) is 0 Å². The number of hydrogen-bond acceptors (Lipinski definition) is 2. The van der Waals surface area contributed by atoms with E-state index >= 15 is 0 Å². The van der Waals surface area contributed by atoms with Gasteiger partial charge in [-0.1, -0.05) is 0 Å². The Bertz CT molecular complexity index is 424. The summed E-state index contributed by atoms with van der Waals surface area (Å²) in [6, 6.07) is 5.91. The molecule has 0 heterocycles. The van der Waals surface area contributed by atoms with Gasteiger partial charge >= 0.3 is 0 Å². The molecule has 17 heavy (non-hydrogen) atoms. The van der Waals surface area contributed by atoms with Crippen LogP contribution in [-0.2, 0) is 0 Å². The van der Waals surface area contributed by atoms with Crippen LogP contribution in [0.1, 0.15) is 15.9 Å². The molecule has 0 radical (unpaired) electrons. The van der Waals surface area contributed by atoms with Crippen LogP contribution in [0, 0.1) is 6.92 Å². The summed E-state index contributed by atoms with van der Waals surface area (Å²) in [6.45, 7) is 2.04. The molecule has 0 saturated carbocycles. The summed E-state index contributed by atoms with van der Waals surface area (Å²) < 4.78 is 0. The average Bonchev–Trinajstić information content (AvgIpc) is 2.14. The van der Waals surface area contributed by atoms with Crippen molar-refractivity contribution in [1.29, 1.82) is 0 Å².